The van der Waals surface area contributed by atoms with Crippen LogP contribution >= 0.6 is 0 Å². The Morgan fingerprint density at radius 3 is 2.33 bits per heavy atom. The lowest BCUT2D eigenvalue weighted by Gasteiger charge is -2.37. The molecule has 0 aliphatic carbocycles. The molecule has 2 heterocycles. The number of hydrogen-bond acceptors (Lipinski definition) is 4. The van der Waals surface area contributed by atoms with Crippen molar-refractivity contribution in [2.45, 2.75) is 26.7 Å². The van der Waals surface area contributed by atoms with Crippen LogP contribution < -0.4 is 4.90 Å². The summed E-state index contributed by atoms with van der Waals surface area (Å²) in [5.41, 5.74) is 3.59. The maximum atomic E-state index is 12.2. The molecule has 1 fully saturated rings. The Hall–Kier alpha value is -2.63. The number of anilines is 1. The maximum Gasteiger partial charge on any atom is 0.319 e. The minimum Gasteiger partial charge on any atom is -0.353 e. The molecule has 0 N–H and O–H groups in total. The van der Waals surface area contributed by atoms with Gasteiger partial charge >= 0.3 is 6.03 Å². The first kappa shape index (κ1) is 19.1. The van der Waals surface area contributed by atoms with E-state index in [-0.39, 0.29) is 6.03 Å². The third-order valence-electron chi connectivity index (χ3n) is 4.97. The molecule has 0 atom stereocenters. The van der Waals surface area contributed by atoms with Crippen LogP contribution in [0.5, 0.6) is 0 Å². The molecule has 0 unspecified atom stereocenters. The van der Waals surface area contributed by atoms with Gasteiger partial charge in [0, 0.05) is 58.0 Å². The summed E-state index contributed by atoms with van der Waals surface area (Å²) in [7, 11) is 3.60. The molecule has 1 aromatic heterocycles. The van der Waals surface area contributed by atoms with Crippen molar-refractivity contribution in [3.63, 3.8) is 0 Å². The molecule has 0 spiro atoms. The van der Waals surface area contributed by atoms with Gasteiger partial charge in [-0.3, -0.25) is 0 Å². The van der Waals surface area contributed by atoms with Gasteiger partial charge in [0.05, 0.1) is 0 Å². The summed E-state index contributed by atoms with van der Waals surface area (Å²) >= 11 is 0. The van der Waals surface area contributed by atoms with Crippen molar-refractivity contribution in [2.75, 3.05) is 45.2 Å². The number of urea groups is 1. The number of carbonyl (C=O) groups is 1. The van der Waals surface area contributed by atoms with Crippen LogP contribution in [0.1, 0.15) is 29.6 Å². The maximum absolute atomic E-state index is 12.2. The quantitative estimate of drug-likeness (QED) is 0.834. The largest absolute Gasteiger partial charge is 0.353 e. The highest BCUT2D eigenvalue weighted by Gasteiger charge is 2.25. The predicted molar refractivity (Wildman–Crippen MR) is 108 cm³/mol. The Morgan fingerprint density at radius 2 is 1.74 bits per heavy atom. The molecule has 6 nitrogen and oxygen atoms in total. The van der Waals surface area contributed by atoms with Crippen molar-refractivity contribution < 1.29 is 4.79 Å². The van der Waals surface area contributed by atoms with Gasteiger partial charge < -0.3 is 14.7 Å². The van der Waals surface area contributed by atoms with Crippen LogP contribution in [0.4, 0.5) is 10.6 Å². The monoisotopic (exact) mass is 367 g/mol. The molecule has 1 aliphatic heterocycles. The first-order valence-electron chi connectivity index (χ1n) is 9.61. The Morgan fingerprint density at radius 1 is 1.07 bits per heavy atom. The van der Waals surface area contributed by atoms with E-state index in [4.69, 9.17) is 9.97 Å². The minimum atomic E-state index is 0.0762. The van der Waals surface area contributed by atoms with E-state index in [9.17, 15) is 4.79 Å². The molecular formula is C21H29N5O. The highest BCUT2D eigenvalue weighted by atomic mass is 16.2. The lowest BCUT2D eigenvalue weighted by Crippen LogP contribution is -2.52. The zero-order valence-electron chi connectivity index (χ0n) is 16.8. The number of piperazine rings is 1. The van der Waals surface area contributed by atoms with Crippen LogP contribution in [-0.4, -0.2) is 66.1 Å². The van der Waals surface area contributed by atoms with Crippen LogP contribution in [0.2, 0.25) is 0 Å². The van der Waals surface area contributed by atoms with Crippen molar-refractivity contribution in [1.29, 1.82) is 0 Å². The summed E-state index contributed by atoms with van der Waals surface area (Å²) in [6, 6.07) is 10.6. The van der Waals surface area contributed by atoms with E-state index < -0.39 is 0 Å². The summed E-state index contributed by atoms with van der Waals surface area (Å²) in [6.07, 6.45) is 1.72. The average molecular weight is 367 g/mol. The van der Waals surface area contributed by atoms with E-state index >= 15 is 0 Å². The van der Waals surface area contributed by atoms with Gasteiger partial charge in [-0.15, -0.1) is 0 Å². The van der Waals surface area contributed by atoms with Crippen LogP contribution in [0.15, 0.2) is 30.3 Å². The van der Waals surface area contributed by atoms with Gasteiger partial charge in [0.1, 0.15) is 11.6 Å². The molecule has 1 aliphatic rings. The molecule has 6 heteroatoms. The number of nitrogens with zero attached hydrogens (tertiary/aromatic N) is 5. The van der Waals surface area contributed by atoms with Crippen molar-refractivity contribution in [2.24, 2.45) is 0 Å². The Kier molecular flexibility index (Phi) is 5.94. The van der Waals surface area contributed by atoms with E-state index in [1.165, 1.54) is 11.1 Å². The molecule has 3 rings (SSSR count). The summed E-state index contributed by atoms with van der Waals surface area (Å²) < 4.78 is 0. The molecule has 1 aromatic carbocycles. The summed E-state index contributed by atoms with van der Waals surface area (Å²) in [5, 5.41) is 0. The number of amides is 2. The number of aromatic nitrogens is 2. The van der Waals surface area contributed by atoms with Crippen molar-refractivity contribution in [3.05, 3.63) is 53.0 Å². The van der Waals surface area contributed by atoms with Gasteiger partial charge in [-0.1, -0.05) is 37.3 Å². The van der Waals surface area contributed by atoms with Crippen molar-refractivity contribution >= 4 is 11.8 Å². The number of benzene rings is 1. The number of aryl methyl sites for hydroxylation is 2. The Labute approximate surface area is 161 Å². The van der Waals surface area contributed by atoms with Gasteiger partial charge in [0.25, 0.3) is 0 Å². The van der Waals surface area contributed by atoms with E-state index in [1.807, 2.05) is 17.9 Å². The fourth-order valence-corrected chi connectivity index (χ4v) is 3.57. The van der Waals surface area contributed by atoms with Gasteiger partial charge in [0.2, 0.25) is 0 Å². The van der Waals surface area contributed by atoms with Gasteiger partial charge in [0.15, 0.2) is 0 Å². The topological polar surface area (TPSA) is 52.6 Å². The average Bonchev–Trinajstić information content (AvgIpc) is 2.69. The number of hydrogen-bond donors (Lipinski definition) is 0. The van der Waals surface area contributed by atoms with Gasteiger partial charge in [-0.05, 0) is 18.9 Å². The number of carbonyl (C=O) groups excluding carboxylic acids is 1. The minimum absolute atomic E-state index is 0.0762. The molecule has 27 heavy (non-hydrogen) atoms. The van der Waals surface area contributed by atoms with E-state index in [2.05, 4.69) is 36.1 Å². The second-order valence-electron chi connectivity index (χ2n) is 7.19. The molecule has 2 aromatic rings. The van der Waals surface area contributed by atoms with Crippen LogP contribution in [-0.2, 0) is 12.8 Å². The Bertz CT molecular complexity index is 783. The molecule has 0 radical (unpaired) electrons. The predicted octanol–water partition coefficient (Wildman–Crippen LogP) is 2.74. The molecular weight excluding hydrogens is 338 g/mol. The first-order chi connectivity index (χ1) is 13.0. The molecule has 1 saturated heterocycles. The third-order valence-corrected chi connectivity index (χ3v) is 4.97. The van der Waals surface area contributed by atoms with Crippen LogP contribution in [0.25, 0.3) is 0 Å². The highest BCUT2D eigenvalue weighted by Crippen LogP contribution is 2.26. The van der Waals surface area contributed by atoms with Crippen LogP contribution in [0, 0.1) is 6.92 Å². The lowest BCUT2D eigenvalue weighted by atomic mass is 10.0. The summed E-state index contributed by atoms with van der Waals surface area (Å²) in [4.78, 5) is 27.6. The summed E-state index contributed by atoms with van der Waals surface area (Å²) in [5.74, 6) is 1.84. The van der Waals surface area contributed by atoms with Crippen LogP contribution in [0.3, 0.4) is 0 Å². The van der Waals surface area contributed by atoms with E-state index in [1.54, 1.807) is 19.0 Å². The van der Waals surface area contributed by atoms with E-state index in [0.717, 1.165) is 43.3 Å². The molecule has 144 valence electrons. The lowest BCUT2D eigenvalue weighted by molar-refractivity contribution is 0.168. The van der Waals surface area contributed by atoms with Gasteiger partial charge in [-0.25, -0.2) is 14.8 Å². The SMILES string of the molecule is CCc1nc(C)nc(N2CCN(C(=O)N(C)C)CC2)c1Cc1ccccc1. The third kappa shape index (κ3) is 4.38. The summed E-state index contributed by atoms with van der Waals surface area (Å²) in [6.45, 7) is 7.12. The zero-order chi connectivity index (χ0) is 19.4. The zero-order valence-corrected chi connectivity index (χ0v) is 16.8. The van der Waals surface area contributed by atoms with Crippen molar-refractivity contribution in [1.82, 2.24) is 19.8 Å². The first-order valence-corrected chi connectivity index (χ1v) is 9.61. The fraction of sp³-hybridized carbons (Fsp3) is 0.476. The number of rotatable bonds is 4. The Balaban J connectivity index is 1.86. The van der Waals surface area contributed by atoms with Crippen molar-refractivity contribution in [3.8, 4) is 0 Å². The second kappa shape index (κ2) is 8.37. The van der Waals surface area contributed by atoms with E-state index in [0.29, 0.717) is 13.1 Å². The van der Waals surface area contributed by atoms with Gasteiger partial charge in [-0.2, -0.15) is 0 Å². The normalized spacial score (nSPS) is 14.4. The second-order valence-corrected chi connectivity index (χ2v) is 7.19. The highest BCUT2D eigenvalue weighted by molar-refractivity contribution is 5.74. The molecule has 0 bridgehead atoms. The smallest absolute Gasteiger partial charge is 0.319 e. The fourth-order valence-electron chi connectivity index (χ4n) is 3.57. The standard InChI is InChI=1S/C21H29N5O/c1-5-19-18(15-17-9-7-6-8-10-17)20(23-16(2)22-19)25-11-13-26(14-12-25)21(27)24(3)4/h6-10H,5,11-15H2,1-4H3. The molecule has 0 saturated carbocycles. The molecule has 2 amide bonds.